The Bertz CT molecular complexity index is 1160. The van der Waals surface area contributed by atoms with Crippen molar-refractivity contribution in [3.63, 3.8) is 0 Å². The minimum Gasteiger partial charge on any atom is -0.508 e. The first kappa shape index (κ1) is 36.0. The molecule has 0 radical (unpaired) electrons. The van der Waals surface area contributed by atoms with Crippen LogP contribution in [0.25, 0.3) is 0 Å². The second-order valence-electron chi connectivity index (χ2n) is 14.4. The lowest BCUT2D eigenvalue weighted by molar-refractivity contribution is -0.355. The Labute approximate surface area is 263 Å². The van der Waals surface area contributed by atoms with Crippen LogP contribution in [0.5, 0.6) is 5.75 Å². The van der Waals surface area contributed by atoms with E-state index in [0.717, 1.165) is 64.3 Å². The molecule has 4 rings (SSSR count). The summed E-state index contributed by atoms with van der Waals surface area (Å²) in [6.45, 7) is 8.18. The number of benzene rings is 1. The zero-order valence-corrected chi connectivity index (χ0v) is 26.6. The molecule has 0 saturated heterocycles. The minimum atomic E-state index is -6.27. The molecule has 3 aliphatic rings. The molecule has 3 nitrogen and oxygen atoms in total. The van der Waals surface area contributed by atoms with Gasteiger partial charge in [-0.1, -0.05) is 44.7 Å². The van der Waals surface area contributed by atoms with Gasteiger partial charge in [-0.2, -0.15) is 30.7 Å². The zero-order valence-electron chi connectivity index (χ0n) is 26.6. The van der Waals surface area contributed by atoms with Crippen molar-refractivity contribution in [3.05, 3.63) is 42.0 Å². The molecule has 0 heterocycles. The van der Waals surface area contributed by atoms with E-state index in [1.807, 2.05) is 13.1 Å². The molecule has 0 spiro atoms. The van der Waals surface area contributed by atoms with Crippen LogP contribution in [0.3, 0.4) is 0 Å². The molecule has 1 unspecified atom stereocenters. The van der Waals surface area contributed by atoms with Crippen LogP contribution in [-0.4, -0.2) is 59.4 Å². The van der Waals surface area contributed by atoms with Gasteiger partial charge >= 0.3 is 18.0 Å². The molecule has 3 aliphatic carbocycles. The Morgan fingerprint density at radius 1 is 0.956 bits per heavy atom. The fourth-order valence-corrected chi connectivity index (χ4v) is 9.22. The molecule has 1 aromatic carbocycles. The standard InChI is InChI=1S/C35H50F7NO2/c1-4-32-19-17-24-22-26(44)13-14-27(24)30(32)25(23-31(2)28(32)15-16-29(31)45)12-8-7-11-21-43(3)20-10-6-5-9-18-33(36,37)34(38,39)35(40,41)42/h4,13-14,22,25,28-30,44-45H,1,5-12,15-21,23H2,2-3H3/t25-,28+,29-,30+,31-,32?/m0/s1. The van der Waals surface area contributed by atoms with Crippen molar-refractivity contribution in [1.29, 1.82) is 0 Å². The Kier molecular flexibility index (Phi) is 11.0. The molecule has 2 fully saturated rings. The molecule has 2 saturated carbocycles. The number of hydrogen-bond acceptors (Lipinski definition) is 3. The Hall–Kier alpha value is -1.81. The molecule has 6 atom stereocenters. The third-order valence-electron chi connectivity index (χ3n) is 11.6. The molecule has 0 amide bonds. The highest BCUT2D eigenvalue weighted by atomic mass is 19.4. The number of allylic oxidation sites excluding steroid dienone is 1. The molecular formula is C35H50F7NO2. The SMILES string of the molecule is C=CC12CCc3cc(O)ccc3[C@H]1[C@@H](CCCCCN(C)CCCCCCC(F)(F)C(F)(F)C(F)(F)F)C[C@]1(C)[C@@H](O)CC[C@@H]21. The van der Waals surface area contributed by atoms with Crippen LogP contribution in [0.1, 0.15) is 107 Å². The number of aryl methyl sites for hydroxylation is 1. The van der Waals surface area contributed by atoms with Crippen molar-refractivity contribution < 1.29 is 40.9 Å². The number of nitrogens with zero attached hydrogens (tertiary/aromatic N) is 1. The van der Waals surface area contributed by atoms with Crippen LogP contribution in [0.2, 0.25) is 0 Å². The van der Waals surface area contributed by atoms with Crippen LogP contribution in [-0.2, 0) is 6.42 Å². The first-order valence-electron chi connectivity index (χ1n) is 16.6. The van der Waals surface area contributed by atoms with Crippen molar-refractivity contribution in [2.45, 2.75) is 127 Å². The fraction of sp³-hybridized carbons (Fsp3) is 0.771. The van der Waals surface area contributed by atoms with Crippen molar-refractivity contribution in [2.24, 2.45) is 22.7 Å². The lowest BCUT2D eigenvalue weighted by atomic mass is 9.44. The number of hydrogen-bond donors (Lipinski definition) is 2. The number of phenolic OH excluding ortho intramolecular Hbond substituents is 1. The average molecular weight is 650 g/mol. The summed E-state index contributed by atoms with van der Waals surface area (Å²) in [5, 5.41) is 21.3. The molecule has 2 N–H and O–H groups in total. The maximum Gasteiger partial charge on any atom is 0.459 e. The summed E-state index contributed by atoms with van der Waals surface area (Å²) in [6, 6.07) is 5.81. The highest BCUT2D eigenvalue weighted by molar-refractivity contribution is 5.43. The smallest absolute Gasteiger partial charge is 0.459 e. The number of aliphatic hydroxyl groups is 1. The number of unbranched alkanes of at least 4 members (excludes halogenated alkanes) is 5. The normalized spacial score (nSPS) is 30.2. The number of aliphatic hydroxyl groups excluding tert-OH is 1. The number of fused-ring (bicyclic) bond motifs is 5. The molecule has 45 heavy (non-hydrogen) atoms. The summed E-state index contributed by atoms with van der Waals surface area (Å²) in [6.07, 6.45) is 3.82. The summed E-state index contributed by atoms with van der Waals surface area (Å²) in [7, 11) is 1.97. The van der Waals surface area contributed by atoms with E-state index in [4.69, 9.17) is 0 Å². The van der Waals surface area contributed by atoms with Crippen molar-refractivity contribution in [2.75, 3.05) is 20.1 Å². The summed E-state index contributed by atoms with van der Waals surface area (Å²) in [5.74, 6) is -9.75. The lowest BCUT2D eigenvalue weighted by Gasteiger charge is -2.60. The number of aromatic hydroxyl groups is 1. The summed E-state index contributed by atoms with van der Waals surface area (Å²) in [4.78, 5) is 2.14. The van der Waals surface area contributed by atoms with Crippen LogP contribution >= 0.6 is 0 Å². The molecule has 256 valence electrons. The number of phenols is 1. The van der Waals surface area contributed by atoms with E-state index in [9.17, 15) is 40.9 Å². The van der Waals surface area contributed by atoms with Gasteiger partial charge in [0.15, 0.2) is 0 Å². The topological polar surface area (TPSA) is 43.7 Å². The summed E-state index contributed by atoms with van der Waals surface area (Å²) >= 11 is 0. The van der Waals surface area contributed by atoms with Gasteiger partial charge in [-0.15, -0.1) is 6.58 Å². The largest absolute Gasteiger partial charge is 0.508 e. The third-order valence-corrected chi connectivity index (χ3v) is 11.6. The maximum atomic E-state index is 13.4. The van der Waals surface area contributed by atoms with E-state index in [-0.39, 0.29) is 29.8 Å². The van der Waals surface area contributed by atoms with Gasteiger partial charge in [-0.05, 0) is 130 Å². The van der Waals surface area contributed by atoms with E-state index < -0.39 is 24.4 Å². The predicted octanol–water partition coefficient (Wildman–Crippen LogP) is 9.67. The van der Waals surface area contributed by atoms with Gasteiger partial charge in [0.05, 0.1) is 6.10 Å². The van der Waals surface area contributed by atoms with Gasteiger partial charge in [0, 0.05) is 6.42 Å². The Morgan fingerprint density at radius 3 is 2.24 bits per heavy atom. The van der Waals surface area contributed by atoms with Gasteiger partial charge in [0.25, 0.3) is 0 Å². The molecular weight excluding hydrogens is 599 g/mol. The summed E-state index contributed by atoms with van der Waals surface area (Å²) < 4.78 is 89.8. The van der Waals surface area contributed by atoms with Crippen LogP contribution < -0.4 is 0 Å². The monoisotopic (exact) mass is 649 g/mol. The fourth-order valence-electron chi connectivity index (χ4n) is 9.22. The van der Waals surface area contributed by atoms with Crippen molar-refractivity contribution >= 4 is 0 Å². The minimum absolute atomic E-state index is 0.0750. The maximum absolute atomic E-state index is 13.4. The number of alkyl halides is 7. The number of rotatable bonds is 15. The Morgan fingerprint density at radius 2 is 1.60 bits per heavy atom. The van der Waals surface area contributed by atoms with E-state index >= 15 is 0 Å². The molecule has 0 aromatic heterocycles. The average Bonchev–Trinajstić information content (AvgIpc) is 3.27. The first-order chi connectivity index (χ1) is 21.0. The lowest BCUT2D eigenvalue weighted by Crippen LogP contribution is -2.54. The predicted molar refractivity (Wildman–Crippen MR) is 162 cm³/mol. The molecule has 1 aromatic rings. The van der Waals surface area contributed by atoms with E-state index in [1.54, 1.807) is 6.07 Å². The van der Waals surface area contributed by atoms with Gasteiger partial charge in [-0.25, -0.2) is 0 Å². The van der Waals surface area contributed by atoms with E-state index in [1.165, 1.54) is 11.1 Å². The second-order valence-corrected chi connectivity index (χ2v) is 14.4. The van der Waals surface area contributed by atoms with Crippen LogP contribution in [0, 0.1) is 22.7 Å². The van der Waals surface area contributed by atoms with Crippen molar-refractivity contribution in [1.82, 2.24) is 4.90 Å². The van der Waals surface area contributed by atoms with Crippen molar-refractivity contribution in [3.8, 4) is 5.75 Å². The second kappa shape index (κ2) is 13.7. The molecule has 0 bridgehead atoms. The van der Waals surface area contributed by atoms with E-state index in [2.05, 4.69) is 30.5 Å². The third kappa shape index (κ3) is 7.07. The molecule has 10 heteroatoms. The van der Waals surface area contributed by atoms with Crippen LogP contribution in [0.4, 0.5) is 30.7 Å². The number of halogens is 7. The van der Waals surface area contributed by atoms with Gasteiger partial charge in [0.2, 0.25) is 0 Å². The molecule has 0 aliphatic heterocycles. The van der Waals surface area contributed by atoms with E-state index in [0.29, 0.717) is 42.9 Å². The quantitative estimate of drug-likeness (QED) is 0.113. The first-order valence-corrected chi connectivity index (χ1v) is 16.6. The van der Waals surface area contributed by atoms with Gasteiger partial charge in [-0.3, -0.25) is 0 Å². The van der Waals surface area contributed by atoms with Crippen LogP contribution in [0.15, 0.2) is 30.9 Å². The van der Waals surface area contributed by atoms with Gasteiger partial charge < -0.3 is 15.1 Å². The highest BCUT2D eigenvalue weighted by Crippen LogP contribution is 2.69. The summed E-state index contributed by atoms with van der Waals surface area (Å²) in [5.41, 5.74) is 2.33. The Balaban J connectivity index is 1.23. The van der Waals surface area contributed by atoms with Gasteiger partial charge in [0.1, 0.15) is 5.75 Å². The zero-order chi connectivity index (χ0) is 33.3. The highest BCUT2D eigenvalue weighted by Gasteiger charge is 2.72.